The fourth-order valence-corrected chi connectivity index (χ4v) is 1.47. The molecule has 1 heterocycles. The number of hydrogen-bond donors (Lipinski definition) is 2. The topological polar surface area (TPSA) is 24.1 Å². The summed E-state index contributed by atoms with van der Waals surface area (Å²) in [4.78, 5) is 0. The van der Waals surface area contributed by atoms with E-state index in [4.69, 9.17) is 0 Å². The van der Waals surface area contributed by atoms with Gasteiger partial charge in [0.2, 0.25) is 0 Å². The molecule has 2 N–H and O–H groups in total. The van der Waals surface area contributed by atoms with Crippen LogP contribution in [0.1, 0.15) is 13.3 Å². The van der Waals surface area contributed by atoms with Crippen LogP contribution in [0.5, 0.6) is 0 Å². The predicted molar refractivity (Wildman–Crippen MR) is 37.7 cm³/mol. The van der Waals surface area contributed by atoms with Crippen LogP contribution in [-0.4, -0.2) is 18.5 Å². The highest BCUT2D eigenvalue weighted by Gasteiger charge is 2.07. The lowest BCUT2D eigenvalue weighted by Gasteiger charge is -2.21. The lowest BCUT2D eigenvalue weighted by Crippen LogP contribution is -2.41. The Kier molecular flexibility index (Phi) is 2.66. The summed E-state index contributed by atoms with van der Waals surface area (Å²) in [5.41, 5.74) is 0. The molecule has 0 aromatic heterocycles. The number of nitrogens with one attached hydrogen (secondary N) is 2. The lowest BCUT2D eigenvalue weighted by atomic mass is 10.2. The highest BCUT2D eigenvalue weighted by atomic mass is 32.2. The van der Waals surface area contributed by atoms with Gasteiger partial charge in [0.05, 0.1) is 5.88 Å². The van der Waals surface area contributed by atoms with Gasteiger partial charge in [0.25, 0.3) is 0 Å². The minimum atomic E-state index is 0.705. The first-order valence-corrected chi connectivity index (χ1v) is 4.00. The Labute approximate surface area is 54.6 Å². The van der Waals surface area contributed by atoms with Crippen LogP contribution in [0.15, 0.2) is 0 Å². The maximum absolute atomic E-state index is 3.37. The molecule has 0 spiro atoms. The molecular weight excluding hydrogens is 120 g/mol. The number of hydrogen-bond acceptors (Lipinski definition) is 3. The molecule has 1 saturated heterocycles. The van der Waals surface area contributed by atoms with Crippen molar-refractivity contribution in [3.05, 3.63) is 0 Å². The summed E-state index contributed by atoms with van der Waals surface area (Å²) in [6.07, 6.45) is 1.23. The fraction of sp³-hybridized carbons (Fsp3) is 1.00. The molecule has 0 aliphatic carbocycles. The van der Waals surface area contributed by atoms with Crippen molar-refractivity contribution in [3.63, 3.8) is 0 Å². The molecule has 0 radical (unpaired) electrons. The van der Waals surface area contributed by atoms with Crippen molar-refractivity contribution in [3.8, 4) is 0 Å². The van der Waals surface area contributed by atoms with E-state index in [1.54, 1.807) is 11.9 Å². The Balaban J connectivity index is 2.13. The molecule has 0 saturated carbocycles. The highest BCUT2D eigenvalue weighted by Crippen LogP contribution is 2.00. The van der Waals surface area contributed by atoms with E-state index in [2.05, 4.69) is 17.0 Å². The van der Waals surface area contributed by atoms with Crippen molar-refractivity contribution in [2.75, 3.05) is 12.4 Å². The third kappa shape index (κ3) is 1.65. The summed E-state index contributed by atoms with van der Waals surface area (Å²) >= 11 is 1.75. The van der Waals surface area contributed by atoms with Crippen LogP contribution >= 0.6 is 11.9 Å². The van der Waals surface area contributed by atoms with Crippen molar-refractivity contribution in [2.45, 2.75) is 19.4 Å². The molecule has 1 aliphatic heterocycles. The van der Waals surface area contributed by atoms with Gasteiger partial charge in [-0.3, -0.25) is 4.72 Å². The summed E-state index contributed by atoms with van der Waals surface area (Å²) in [6.45, 7) is 3.32. The van der Waals surface area contributed by atoms with Gasteiger partial charge in [0.15, 0.2) is 0 Å². The van der Waals surface area contributed by atoms with E-state index in [1.807, 2.05) is 0 Å². The van der Waals surface area contributed by atoms with Gasteiger partial charge < -0.3 is 5.32 Å². The molecule has 1 aliphatic rings. The molecule has 1 fully saturated rings. The molecule has 1 rings (SSSR count). The van der Waals surface area contributed by atoms with E-state index >= 15 is 0 Å². The van der Waals surface area contributed by atoms with Gasteiger partial charge in [-0.15, -0.1) is 0 Å². The summed E-state index contributed by atoms with van der Waals surface area (Å²) in [5, 5.41) is 3.37. The largest absolute Gasteiger partial charge is 0.303 e. The molecule has 2 nitrogen and oxygen atoms in total. The minimum Gasteiger partial charge on any atom is -0.303 e. The van der Waals surface area contributed by atoms with Crippen LogP contribution in [0.3, 0.4) is 0 Å². The van der Waals surface area contributed by atoms with Crippen molar-refractivity contribution in [2.24, 2.45) is 0 Å². The maximum atomic E-state index is 3.37. The van der Waals surface area contributed by atoms with Crippen molar-refractivity contribution < 1.29 is 0 Å². The molecule has 0 aromatic rings. The third-order valence-corrected chi connectivity index (χ3v) is 2.05. The second-order valence-corrected chi connectivity index (χ2v) is 2.81. The third-order valence-electron chi connectivity index (χ3n) is 1.37. The zero-order valence-corrected chi connectivity index (χ0v) is 5.92. The molecular formula is C5H12N2S. The second-order valence-electron chi connectivity index (χ2n) is 1.95. The Morgan fingerprint density at radius 1 is 1.75 bits per heavy atom. The van der Waals surface area contributed by atoms with Gasteiger partial charge in [0, 0.05) is 12.6 Å². The van der Waals surface area contributed by atoms with E-state index < -0.39 is 0 Å². The van der Waals surface area contributed by atoms with Crippen molar-refractivity contribution >= 4 is 11.9 Å². The van der Waals surface area contributed by atoms with Crippen LogP contribution < -0.4 is 10.0 Å². The minimum absolute atomic E-state index is 0.705. The molecule has 0 amide bonds. The van der Waals surface area contributed by atoms with Crippen LogP contribution in [-0.2, 0) is 0 Å². The van der Waals surface area contributed by atoms with Gasteiger partial charge in [-0.25, -0.2) is 0 Å². The Morgan fingerprint density at radius 3 is 3.00 bits per heavy atom. The van der Waals surface area contributed by atoms with Gasteiger partial charge in [-0.2, -0.15) is 0 Å². The van der Waals surface area contributed by atoms with E-state index in [-0.39, 0.29) is 0 Å². The molecule has 8 heavy (non-hydrogen) atoms. The maximum Gasteiger partial charge on any atom is 0.0568 e. The molecule has 48 valence electrons. The Bertz CT molecular complexity index is 61.4. The standard InChI is InChI=1S/C5H12N2S/c1-2-5-3-7-8-4-6-5/h5-7H,2-4H2,1H3. The monoisotopic (exact) mass is 132 g/mol. The van der Waals surface area contributed by atoms with Crippen LogP contribution in [0.25, 0.3) is 0 Å². The number of rotatable bonds is 1. The first-order valence-electron chi connectivity index (χ1n) is 3.01. The summed E-state index contributed by atoms with van der Waals surface area (Å²) in [7, 11) is 0. The van der Waals surface area contributed by atoms with E-state index in [0.717, 1.165) is 12.4 Å². The molecule has 0 aromatic carbocycles. The smallest absolute Gasteiger partial charge is 0.0568 e. The predicted octanol–water partition coefficient (Wildman–Crippen LogP) is 0.564. The fourth-order valence-electron chi connectivity index (χ4n) is 0.731. The molecule has 3 heteroatoms. The van der Waals surface area contributed by atoms with Gasteiger partial charge >= 0.3 is 0 Å². The SMILES string of the molecule is CCC1CNSCN1. The first kappa shape index (κ1) is 6.39. The molecule has 0 bridgehead atoms. The van der Waals surface area contributed by atoms with Crippen LogP contribution in [0.4, 0.5) is 0 Å². The average Bonchev–Trinajstić information content (AvgIpc) is 1.90. The van der Waals surface area contributed by atoms with E-state index in [0.29, 0.717) is 6.04 Å². The van der Waals surface area contributed by atoms with Gasteiger partial charge in [-0.1, -0.05) is 18.9 Å². The van der Waals surface area contributed by atoms with Gasteiger partial charge in [0.1, 0.15) is 0 Å². The van der Waals surface area contributed by atoms with Crippen LogP contribution in [0, 0.1) is 0 Å². The zero-order chi connectivity index (χ0) is 5.82. The zero-order valence-electron chi connectivity index (χ0n) is 5.11. The average molecular weight is 132 g/mol. The van der Waals surface area contributed by atoms with E-state index in [9.17, 15) is 0 Å². The Hall–Kier alpha value is 0.270. The summed E-state index contributed by atoms with van der Waals surface area (Å²) in [5.74, 6) is 1.05. The van der Waals surface area contributed by atoms with Crippen molar-refractivity contribution in [1.29, 1.82) is 0 Å². The normalized spacial score (nSPS) is 30.4. The van der Waals surface area contributed by atoms with Crippen molar-refractivity contribution in [1.82, 2.24) is 10.0 Å². The van der Waals surface area contributed by atoms with Crippen LogP contribution in [0.2, 0.25) is 0 Å². The lowest BCUT2D eigenvalue weighted by molar-refractivity contribution is 0.519. The highest BCUT2D eigenvalue weighted by molar-refractivity contribution is 7.97. The summed E-state index contributed by atoms with van der Waals surface area (Å²) in [6, 6.07) is 0.705. The quantitative estimate of drug-likeness (QED) is 0.510. The van der Waals surface area contributed by atoms with Gasteiger partial charge in [-0.05, 0) is 6.42 Å². The van der Waals surface area contributed by atoms with E-state index in [1.165, 1.54) is 6.42 Å². The Morgan fingerprint density at radius 2 is 2.62 bits per heavy atom. The molecule has 1 atom stereocenters. The first-order chi connectivity index (χ1) is 3.93. The second kappa shape index (κ2) is 3.33. The summed E-state index contributed by atoms with van der Waals surface area (Å²) < 4.78 is 3.24. The molecule has 1 unspecified atom stereocenters.